The van der Waals surface area contributed by atoms with Crippen LogP contribution < -0.4 is 0 Å². The molecular formula is C13H19N3OS2. The Balaban J connectivity index is 1.82. The van der Waals surface area contributed by atoms with Crippen LogP contribution >= 0.6 is 24.0 Å². The molecule has 0 amide bonds. The van der Waals surface area contributed by atoms with Crippen molar-refractivity contribution >= 4 is 24.0 Å². The molecule has 1 aromatic heterocycles. The molecule has 0 aromatic carbocycles. The van der Waals surface area contributed by atoms with Gasteiger partial charge in [-0.1, -0.05) is 19.1 Å². The predicted octanol–water partition coefficient (Wildman–Crippen LogP) is 2.67. The van der Waals surface area contributed by atoms with Crippen LogP contribution in [0.5, 0.6) is 0 Å². The lowest BCUT2D eigenvalue weighted by Crippen LogP contribution is -2.39. The van der Waals surface area contributed by atoms with Crippen LogP contribution in [-0.2, 0) is 16.2 Å². The summed E-state index contributed by atoms with van der Waals surface area (Å²) in [6.45, 7) is 6.05. The number of aromatic nitrogens is 2. The number of aromatic amines is 1. The number of morpholine rings is 1. The summed E-state index contributed by atoms with van der Waals surface area (Å²) in [6.07, 6.45) is 1.22. The second-order valence-corrected chi connectivity index (χ2v) is 6.41. The van der Waals surface area contributed by atoms with E-state index in [0.29, 0.717) is 0 Å². The van der Waals surface area contributed by atoms with Crippen molar-refractivity contribution in [1.29, 1.82) is 0 Å². The molecule has 6 heteroatoms. The molecule has 19 heavy (non-hydrogen) atoms. The van der Waals surface area contributed by atoms with Gasteiger partial charge >= 0.3 is 0 Å². The van der Waals surface area contributed by atoms with Crippen molar-refractivity contribution in [1.82, 2.24) is 14.9 Å². The summed E-state index contributed by atoms with van der Waals surface area (Å²) in [6, 6.07) is 0. The molecule has 104 valence electrons. The van der Waals surface area contributed by atoms with Gasteiger partial charge < -0.3 is 9.72 Å². The van der Waals surface area contributed by atoms with Gasteiger partial charge in [-0.05, 0) is 13.0 Å². The van der Waals surface area contributed by atoms with Gasteiger partial charge in [-0.3, -0.25) is 4.90 Å². The molecule has 1 N–H and O–H groups in total. The summed E-state index contributed by atoms with van der Waals surface area (Å²) in [5.74, 6) is 2.91. The zero-order valence-electron chi connectivity index (χ0n) is 11.1. The number of nitrogens with zero attached hydrogens (tertiary/aromatic N) is 2. The Bertz CT molecular complexity index is 515. The SMILES string of the molecule is CCCN1CCOC(c2nc(=S)c3c([nH]2)CSC3)C1. The number of ether oxygens (including phenoxy) is 1. The predicted molar refractivity (Wildman–Crippen MR) is 79.8 cm³/mol. The lowest BCUT2D eigenvalue weighted by atomic mass is 10.2. The van der Waals surface area contributed by atoms with Gasteiger partial charge in [0, 0.05) is 35.9 Å². The summed E-state index contributed by atoms with van der Waals surface area (Å²) < 4.78 is 6.62. The lowest BCUT2D eigenvalue weighted by Gasteiger charge is -2.32. The Morgan fingerprint density at radius 1 is 1.53 bits per heavy atom. The Kier molecular flexibility index (Phi) is 4.21. The molecule has 2 aliphatic heterocycles. The highest BCUT2D eigenvalue weighted by Crippen LogP contribution is 2.30. The Morgan fingerprint density at radius 3 is 3.26 bits per heavy atom. The first-order valence-corrected chi connectivity index (χ1v) is 8.38. The summed E-state index contributed by atoms with van der Waals surface area (Å²) in [4.78, 5) is 10.4. The van der Waals surface area contributed by atoms with E-state index in [1.54, 1.807) is 0 Å². The van der Waals surface area contributed by atoms with Gasteiger partial charge in [-0.15, -0.1) is 0 Å². The highest BCUT2D eigenvalue weighted by atomic mass is 32.2. The number of fused-ring (bicyclic) bond motifs is 1. The lowest BCUT2D eigenvalue weighted by molar-refractivity contribution is -0.0343. The number of nitrogens with one attached hydrogen (secondary N) is 1. The van der Waals surface area contributed by atoms with Gasteiger partial charge in [-0.25, -0.2) is 4.98 Å². The normalized spacial score (nSPS) is 23.5. The average molecular weight is 297 g/mol. The van der Waals surface area contributed by atoms with Crippen molar-refractivity contribution in [3.05, 3.63) is 21.7 Å². The summed E-state index contributed by atoms with van der Waals surface area (Å²) in [7, 11) is 0. The summed E-state index contributed by atoms with van der Waals surface area (Å²) in [5.41, 5.74) is 2.46. The van der Waals surface area contributed by atoms with Crippen molar-refractivity contribution in [3.63, 3.8) is 0 Å². The molecular weight excluding hydrogens is 278 g/mol. The third-order valence-corrected chi connectivity index (χ3v) is 4.93. The van der Waals surface area contributed by atoms with Gasteiger partial charge in [0.1, 0.15) is 16.6 Å². The van der Waals surface area contributed by atoms with Gasteiger partial charge in [-0.2, -0.15) is 11.8 Å². The molecule has 4 nitrogen and oxygen atoms in total. The number of rotatable bonds is 3. The third-order valence-electron chi connectivity index (χ3n) is 3.61. The molecule has 1 fully saturated rings. The Labute approximate surface area is 122 Å². The molecule has 1 aromatic rings. The zero-order chi connectivity index (χ0) is 13.2. The highest BCUT2D eigenvalue weighted by molar-refractivity contribution is 7.98. The van der Waals surface area contributed by atoms with Crippen LogP contribution in [0.3, 0.4) is 0 Å². The first-order valence-electron chi connectivity index (χ1n) is 6.81. The van der Waals surface area contributed by atoms with Gasteiger partial charge in [0.15, 0.2) is 0 Å². The average Bonchev–Trinajstić information content (AvgIpc) is 2.88. The van der Waals surface area contributed by atoms with E-state index in [0.717, 1.165) is 48.2 Å². The maximum Gasteiger partial charge on any atom is 0.138 e. The van der Waals surface area contributed by atoms with Gasteiger partial charge in [0.25, 0.3) is 0 Å². The molecule has 1 unspecified atom stereocenters. The Morgan fingerprint density at radius 2 is 2.42 bits per heavy atom. The molecule has 0 aliphatic carbocycles. The smallest absolute Gasteiger partial charge is 0.138 e. The largest absolute Gasteiger partial charge is 0.368 e. The fraction of sp³-hybridized carbons (Fsp3) is 0.692. The molecule has 2 aliphatic rings. The van der Waals surface area contributed by atoms with E-state index in [4.69, 9.17) is 17.0 Å². The third kappa shape index (κ3) is 2.86. The minimum absolute atomic E-state index is 0.0397. The van der Waals surface area contributed by atoms with Crippen LogP contribution in [0.2, 0.25) is 0 Å². The van der Waals surface area contributed by atoms with Crippen LogP contribution in [0.25, 0.3) is 0 Å². The molecule has 0 spiro atoms. The van der Waals surface area contributed by atoms with Crippen molar-refractivity contribution in [2.24, 2.45) is 0 Å². The molecule has 1 saturated heterocycles. The van der Waals surface area contributed by atoms with Gasteiger partial charge in [0.05, 0.1) is 6.61 Å². The second kappa shape index (κ2) is 5.91. The van der Waals surface area contributed by atoms with E-state index >= 15 is 0 Å². The molecule has 0 radical (unpaired) electrons. The number of thioether (sulfide) groups is 1. The van der Waals surface area contributed by atoms with Crippen LogP contribution in [0.15, 0.2) is 0 Å². The van der Waals surface area contributed by atoms with E-state index in [2.05, 4.69) is 21.8 Å². The van der Waals surface area contributed by atoms with Crippen molar-refractivity contribution in [2.45, 2.75) is 31.0 Å². The minimum atomic E-state index is 0.0397. The van der Waals surface area contributed by atoms with Crippen molar-refractivity contribution in [2.75, 3.05) is 26.2 Å². The second-order valence-electron chi connectivity index (χ2n) is 5.04. The number of H-pyrrole nitrogens is 1. The number of hydrogen-bond donors (Lipinski definition) is 1. The van der Waals surface area contributed by atoms with E-state index in [-0.39, 0.29) is 6.10 Å². The molecule has 3 rings (SSSR count). The highest BCUT2D eigenvalue weighted by Gasteiger charge is 2.25. The van der Waals surface area contributed by atoms with Crippen LogP contribution in [0.1, 0.15) is 36.5 Å². The van der Waals surface area contributed by atoms with Crippen LogP contribution in [0, 0.1) is 4.64 Å². The maximum absolute atomic E-state index is 5.87. The minimum Gasteiger partial charge on any atom is -0.368 e. The first kappa shape index (κ1) is 13.5. The molecule has 3 heterocycles. The fourth-order valence-corrected chi connectivity index (χ4v) is 4.08. The fourth-order valence-electron chi connectivity index (χ4n) is 2.63. The quantitative estimate of drug-likeness (QED) is 0.869. The molecule has 1 atom stereocenters. The van der Waals surface area contributed by atoms with E-state index in [9.17, 15) is 0 Å². The van der Waals surface area contributed by atoms with Crippen molar-refractivity contribution in [3.8, 4) is 0 Å². The summed E-state index contributed by atoms with van der Waals surface area (Å²) >= 11 is 7.29. The van der Waals surface area contributed by atoms with Gasteiger partial charge in [0.2, 0.25) is 0 Å². The maximum atomic E-state index is 5.87. The van der Waals surface area contributed by atoms with E-state index in [1.165, 1.54) is 17.7 Å². The number of hydrogen-bond acceptors (Lipinski definition) is 5. The zero-order valence-corrected chi connectivity index (χ0v) is 12.8. The molecule has 0 saturated carbocycles. The monoisotopic (exact) mass is 297 g/mol. The topological polar surface area (TPSA) is 41.1 Å². The van der Waals surface area contributed by atoms with Crippen molar-refractivity contribution < 1.29 is 4.74 Å². The standard InChI is InChI=1S/C13H19N3OS2/c1-2-3-16-4-5-17-11(6-16)12-14-10-8-19-7-9(10)13(18)15-12/h11H,2-8H2,1H3,(H,14,15,18). The first-order chi connectivity index (χ1) is 9.28. The van der Waals surface area contributed by atoms with Crippen LogP contribution in [0.4, 0.5) is 0 Å². The molecule has 0 bridgehead atoms. The van der Waals surface area contributed by atoms with E-state index in [1.807, 2.05) is 11.8 Å². The van der Waals surface area contributed by atoms with Crippen LogP contribution in [-0.4, -0.2) is 41.1 Å². The van der Waals surface area contributed by atoms with E-state index < -0.39 is 0 Å². The summed E-state index contributed by atoms with van der Waals surface area (Å²) in [5, 5.41) is 0. The Hall–Kier alpha value is -0.430.